The third-order valence-electron chi connectivity index (χ3n) is 3.20. The Morgan fingerprint density at radius 1 is 1.45 bits per heavy atom. The standard InChI is InChI=1S/C14H25N3O2S/c1-3-5-12(7-6-11(15)4-2)17-14(18)19-9-13-8-16-10-20-13/h8,10-12H,3-7,9,15H2,1-2H3,(H,17,18)/t11-,12-/m0/s1. The molecule has 1 amide bonds. The van der Waals surface area contributed by atoms with E-state index in [2.05, 4.69) is 24.1 Å². The number of carbonyl (C=O) groups is 1. The number of thiazole rings is 1. The van der Waals surface area contributed by atoms with Crippen LogP contribution in [0, 0.1) is 0 Å². The molecular weight excluding hydrogens is 274 g/mol. The second kappa shape index (κ2) is 9.72. The Hall–Kier alpha value is -1.14. The van der Waals surface area contributed by atoms with Crippen molar-refractivity contribution in [2.75, 3.05) is 0 Å². The van der Waals surface area contributed by atoms with Crippen LogP contribution in [0.5, 0.6) is 0 Å². The number of amides is 1. The third-order valence-corrected chi connectivity index (χ3v) is 3.95. The molecule has 0 unspecified atom stereocenters. The molecule has 6 heteroatoms. The average Bonchev–Trinajstić information content (AvgIpc) is 2.95. The largest absolute Gasteiger partial charge is 0.444 e. The van der Waals surface area contributed by atoms with Gasteiger partial charge in [0.05, 0.1) is 10.4 Å². The van der Waals surface area contributed by atoms with Gasteiger partial charge >= 0.3 is 6.09 Å². The number of alkyl carbamates (subject to hydrolysis) is 1. The zero-order chi connectivity index (χ0) is 14.8. The predicted molar refractivity (Wildman–Crippen MR) is 81.6 cm³/mol. The van der Waals surface area contributed by atoms with Crippen LogP contribution in [0.3, 0.4) is 0 Å². The summed E-state index contributed by atoms with van der Waals surface area (Å²) in [7, 11) is 0. The van der Waals surface area contributed by atoms with Gasteiger partial charge in [0.15, 0.2) is 0 Å². The van der Waals surface area contributed by atoms with Crippen molar-refractivity contribution in [2.45, 2.75) is 64.6 Å². The van der Waals surface area contributed by atoms with Crippen molar-refractivity contribution < 1.29 is 9.53 Å². The van der Waals surface area contributed by atoms with E-state index in [-0.39, 0.29) is 24.8 Å². The van der Waals surface area contributed by atoms with E-state index < -0.39 is 0 Å². The zero-order valence-corrected chi connectivity index (χ0v) is 13.1. The van der Waals surface area contributed by atoms with Gasteiger partial charge in [0.25, 0.3) is 0 Å². The summed E-state index contributed by atoms with van der Waals surface area (Å²) in [6.45, 7) is 4.47. The lowest BCUT2D eigenvalue weighted by Crippen LogP contribution is -2.36. The molecule has 0 radical (unpaired) electrons. The Balaban J connectivity index is 2.30. The fourth-order valence-corrected chi connectivity index (χ4v) is 2.42. The fourth-order valence-electron chi connectivity index (χ4n) is 1.91. The van der Waals surface area contributed by atoms with E-state index in [0.29, 0.717) is 0 Å². The highest BCUT2D eigenvalue weighted by Crippen LogP contribution is 2.10. The van der Waals surface area contributed by atoms with Gasteiger partial charge in [-0.1, -0.05) is 20.3 Å². The Morgan fingerprint density at radius 3 is 2.85 bits per heavy atom. The Kier molecular flexibility index (Phi) is 8.22. The van der Waals surface area contributed by atoms with Crippen LogP contribution in [0.1, 0.15) is 50.8 Å². The van der Waals surface area contributed by atoms with Crippen molar-refractivity contribution in [1.82, 2.24) is 10.3 Å². The van der Waals surface area contributed by atoms with Crippen LogP contribution < -0.4 is 11.1 Å². The maximum absolute atomic E-state index is 11.8. The molecule has 5 nitrogen and oxygen atoms in total. The van der Waals surface area contributed by atoms with Crippen LogP contribution in [0.15, 0.2) is 11.7 Å². The third kappa shape index (κ3) is 6.86. The summed E-state index contributed by atoms with van der Waals surface area (Å²) in [6.07, 6.45) is 6.13. The van der Waals surface area contributed by atoms with E-state index in [0.717, 1.165) is 37.0 Å². The molecule has 0 saturated carbocycles. The number of nitrogens with one attached hydrogen (secondary N) is 1. The second-order valence-corrected chi connectivity index (χ2v) is 5.89. The van der Waals surface area contributed by atoms with Gasteiger partial charge in [0.1, 0.15) is 6.61 Å². The molecule has 20 heavy (non-hydrogen) atoms. The lowest BCUT2D eigenvalue weighted by molar-refractivity contribution is 0.135. The smallest absolute Gasteiger partial charge is 0.407 e. The molecule has 1 aromatic rings. The molecule has 0 spiro atoms. The Bertz CT molecular complexity index is 371. The summed E-state index contributed by atoms with van der Waals surface area (Å²) in [5.41, 5.74) is 7.65. The first-order valence-electron chi connectivity index (χ1n) is 7.21. The number of hydrogen-bond donors (Lipinski definition) is 2. The first-order chi connectivity index (χ1) is 9.65. The molecule has 1 heterocycles. The normalized spacial score (nSPS) is 13.8. The summed E-state index contributed by atoms with van der Waals surface area (Å²) in [6, 6.07) is 0.357. The van der Waals surface area contributed by atoms with Gasteiger partial charge in [-0.15, -0.1) is 11.3 Å². The van der Waals surface area contributed by atoms with Crippen LogP contribution in [0.25, 0.3) is 0 Å². The molecule has 1 rings (SSSR count). The molecule has 0 aromatic carbocycles. The van der Waals surface area contributed by atoms with E-state index in [1.54, 1.807) is 11.7 Å². The Labute approximate surface area is 124 Å². The van der Waals surface area contributed by atoms with Crippen LogP contribution >= 0.6 is 11.3 Å². The molecule has 1 aromatic heterocycles. The van der Waals surface area contributed by atoms with E-state index in [4.69, 9.17) is 10.5 Å². The Morgan fingerprint density at radius 2 is 2.25 bits per heavy atom. The van der Waals surface area contributed by atoms with Crippen LogP contribution in [0.2, 0.25) is 0 Å². The van der Waals surface area contributed by atoms with Gasteiger partial charge in [0, 0.05) is 18.3 Å². The lowest BCUT2D eigenvalue weighted by Gasteiger charge is -2.19. The van der Waals surface area contributed by atoms with Gasteiger partial charge < -0.3 is 15.8 Å². The second-order valence-electron chi connectivity index (χ2n) is 4.92. The number of aromatic nitrogens is 1. The predicted octanol–water partition coefficient (Wildman–Crippen LogP) is 3.06. The molecule has 3 N–H and O–H groups in total. The van der Waals surface area contributed by atoms with Gasteiger partial charge in [-0.25, -0.2) is 4.79 Å². The summed E-state index contributed by atoms with van der Waals surface area (Å²) < 4.78 is 5.19. The molecule has 114 valence electrons. The monoisotopic (exact) mass is 299 g/mol. The number of ether oxygens (including phenoxy) is 1. The number of hydrogen-bond acceptors (Lipinski definition) is 5. The first kappa shape index (κ1) is 16.9. The van der Waals surface area contributed by atoms with Crippen molar-refractivity contribution in [2.24, 2.45) is 5.73 Å². The summed E-state index contributed by atoms with van der Waals surface area (Å²) in [5, 5.41) is 2.93. The minimum Gasteiger partial charge on any atom is -0.444 e. The molecule has 0 aliphatic carbocycles. The fraction of sp³-hybridized carbons (Fsp3) is 0.714. The zero-order valence-electron chi connectivity index (χ0n) is 12.3. The van der Waals surface area contributed by atoms with Crippen molar-refractivity contribution in [3.05, 3.63) is 16.6 Å². The highest BCUT2D eigenvalue weighted by Gasteiger charge is 2.14. The van der Waals surface area contributed by atoms with Crippen LogP contribution in [-0.2, 0) is 11.3 Å². The first-order valence-corrected chi connectivity index (χ1v) is 8.09. The molecule has 0 bridgehead atoms. The molecule has 2 atom stereocenters. The van der Waals surface area contributed by atoms with E-state index in [9.17, 15) is 4.79 Å². The minimum atomic E-state index is -0.359. The van der Waals surface area contributed by atoms with Gasteiger partial charge in [-0.3, -0.25) is 4.98 Å². The van der Waals surface area contributed by atoms with Gasteiger partial charge in [-0.05, 0) is 25.7 Å². The van der Waals surface area contributed by atoms with Gasteiger partial charge in [0.2, 0.25) is 0 Å². The van der Waals surface area contributed by atoms with Crippen molar-refractivity contribution >= 4 is 17.4 Å². The lowest BCUT2D eigenvalue weighted by atomic mass is 10.0. The minimum absolute atomic E-state index is 0.145. The topological polar surface area (TPSA) is 77.2 Å². The molecule has 0 aliphatic rings. The summed E-state index contributed by atoms with van der Waals surface area (Å²) >= 11 is 1.48. The molecule has 0 saturated heterocycles. The molecule has 0 aliphatic heterocycles. The van der Waals surface area contributed by atoms with E-state index >= 15 is 0 Å². The highest BCUT2D eigenvalue weighted by atomic mass is 32.1. The van der Waals surface area contributed by atoms with Gasteiger partial charge in [-0.2, -0.15) is 0 Å². The molecule has 0 fully saturated rings. The number of nitrogens with two attached hydrogens (primary N) is 1. The number of rotatable bonds is 9. The maximum atomic E-state index is 11.8. The SMILES string of the molecule is CCC[C@@H](CC[C@@H](N)CC)NC(=O)OCc1cncs1. The maximum Gasteiger partial charge on any atom is 0.407 e. The highest BCUT2D eigenvalue weighted by molar-refractivity contribution is 7.09. The van der Waals surface area contributed by atoms with Crippen LogP contribution in [0.4, 0.5) is 4.79 Å². The summed E-state index contributed by atoms with van der Waals surface area (Å²) in [4.78, 5) is 16.6. The van der Waals surface area contributed by atoms with Crippen LogP contribution in [-0.4, -0.2) is 23.2 Å². The van der Waals surface area contributed by atoms with Crippen molar-refractivity contribution in [3.8, 4) is 0 Å². The van der Waals surface area contributed by atoms with Crippen molar-refractivity contribution in [3.63, 3.8) is 0 Å². The summed E-state index contributed by atoms with van der Waals surface area (Å²) in [5.74, 6) is 0. The van der Waals surface area contributed by atoms with E-state index in [1.807, 2.05) is 0 Å². The number of carbonyl (C=O) groups excluding carboxylic acids is 1. The molecular formula is C14H25N3O2S. The van der Waals surface area contributed by atoms with E-state index in [1.165, 1.54) is 11.3 Å². The quantitative estimate of drug-likeness (QED) is 0.734. The average molecular weight is 299 g/mol. The van der Waals surface area contributed by atoms with Crippen molar-refractivity contribution in [1.29, 1.82) is 0 Å². The number of nitrogens with zero attached hydrogens (tertiary/aromatic N) is 1.